The van der Waals surface area contributed by atoms with Crippen LogP contribution in [0.3, 0.4) is 0 Å². The van der Waals surface area contributed by atoms with Crippen LogP contribution in [0, 0.1) is 0 Å². The summed E-state index contributed by atoms with van der Waals surface area (Å²) in [6.07, 6.45) is 0. The van der Waals surface area contributed by atoms with E-state index < -0.39 is 0 Å². The highest BCUT2D eigenvalue weighted by Gasteiger charge is 2.16. The first kappa shape index (κ1) is 15.2. The van der Waals surface area contributed by atoms with E-state index in [2.05, 4.69) is 62.0 Å². The number of benzene rings is 1. The highest BCUT2D eigenvalue weighted by Crippen LogP contribution is 2.13. The summed E-state index contributed by atoms with van der Waals surface area (Å²) in [7, 11) is 4.23. The zero-order valence-electron chi connectivity index (χ0n) is 12.1. The van der Waals surface area contributed by atoms with Gasteiger partial charge in [0.05, 0.1) is 0 Å². The summed E-state index contributed by atoms with van der Waals surface area (Å²) < 4.78 is 0. The largest absolute Gasteiger partial charge is 0.323 e. The molecule has 2 N–H and O–H groups in total. The lowest BCUT2D eigenvalue weighted by atomic mass is 10.1. The Morgan fingerprint density at radius 3 is 2.22 bits per heavy atom. The number of hydrogen-bond donors (Lipinski definition) is 1. The fraction of sp³-hybridized carbons (Fsp3) is 0.600. The van der Waals surface area contributed by atoms with E-state index in [1.807, 2.05) is 6.07 Å². The molecule has 0 radical (unpaired) electrons. The standard InChI is InChI=1S/C15H27N3/c1-5-18(13(2)11-17(3)4)12-15(16)14-9-7-6-8-10-14/h6-10,13,15H,5,11-12,16H2,1-4H3. The third-order valence-electron chi connectivity index (χ3n) is 3.32. The van der Waals surface area contributed by atoms with Crippen molar-refractivity contribution in [1.82, 2.24) is 9.80 Å². The molecule has 0 aliphatic carbocycles. The Morgan fingerprint density at radius 1 is 1.11 bits per heavy atom. The van der Waals surface area contributed by atoms with E-state index in [-0.39, 0.29) is 6.04 Å². The lowest BCUT2D eigenvalue weighted by Crippen LogP contribution is -2.43. The number of likely N-dealkylation sites (N-methyl/N-ethyl adjacent to an activating group) is 2. The van der Waals surface area contributed by atoms with Crippen molar-refractivity contribution in [3.63, 3.8) is 0 Å². The van der Waals surface area contributed by atoms with Crippen LogP contribution in [0.5, 0.6) is 0 Å². The summed E-state index contributed by atoms with van der Waals surface area (Å²) in [5.41, 5.74) is 7.50. The van der Waals surface area contributed by atoms with Crippen molar-refractivity contribution in [2.45, 2.75) is 25.9 Å². The van der Waals surface area contributed by atoms with Crippen molar-refractivity contribution in [1.29, 1.82) is 0 Å². The lowest BCUT2D eigenvalue weighted by molar-refractivity contribution is 0.172. The normalized spacial score (nSPS) is 15.1. The Hall–Kier alpha value is -0.900. The predicted octanol–water partition coefficient (Wildman–Crippen LogP) is 1.96. The van der Waals surface area contributed by atoms with Gasteiger partial charge in [-0.25, -0.2) is 0 Å². The first-order valence-corrected chi connectivity index (χ1v) is 6.73. The third-order valence-corrected chi connectivity index (χ3v) is 3.32. The van der Waals surface area contributed by atoms with Gasteiger partial charge in [-0.05, 0) is 33.1 Å². The van der Waals surface area contributed by atoms with E-state index in [9.17, 15) is 0 Å². The van der Waals surface area contributed by atoms with E-state index in [0.717, 1.165) is 19.6 Å². The second-order valence-electron chi connectivity index (χ2n) is 5.22. The molecule has 1 rings (SSSR count). The molecule has 0 aliphatic heterocycles. The molecule has 3 heteroatoms. The van der Waals surface area contributed by atoms with Crippen LogP contribution in [0.2, 0.25) is 0 Å². The van der Waals surface area contributed by atoms with Crippen molar-refractivity contribution in [3.8, 4) is 0 Å². The van der Waals surface area contributed by atoms with E-state index in [4.69, 9.17) is 5.73 Å². The van der Waals surface area contributed by atoms with Crippen molar-refractivity contribution in [2.75, 3.05) is 33.7 Å². The topological polar surface area (TPSA) is 32.5 Å². The molecule has 3 nitrogen and oxygen atoms in total. The summed E-state index contributed by atoms with van der Waals surface area (Å²) in [6, 6.07) is 11.0. The van der Waals surface area contributed by atoms with Crippen LogP contribution in [-0.2, 0) is 0 Å². The molecule has 2 atom stereocenters. The van der Waals surface area contributed by atoms with Crippen LogP contribution in [-0.4, -0.2) is 49.6 Å². The van der Waals surface area contributed by atoms with Crippen LogP contribution >= 0.6 is 0 Å². The van der Waals surface area contributed by atoms with Crippen LogP contribution in [0.1, 0.15) is 25.5 Å². The van der Waals surface area contributed by atoms with Crippen molar-refractivity contribution < 1.29 is 0 Å². The molecule has 0 amide bonds. The SMILES string of the molecule is CCN(CC(N)c1ccccc1)C(C)CN(C)C. The first-order chi connectivity index (χ1) is 8.54. The molecule has 18 heavy (non-hydrogen) atoms. The second-order valence-corrected chi connectivity index (χ2v) is 5.22. The molecule has 1 aromatic carbocycles. The Morgan fingerprint density at radius 2 is 1.72 bits per heavy atom. The fourth-order valence-electron chi connectivity index (χ4n) is 2.32. The maximum absolute atomic E-state index is 6.28. The Balaban J connectivity index is 2.57. The Labute approximate surface area is 112 Å². The second kappa shape index (κ2) is 7.52. The molecule has 0 heterocycles. The minimum absolute atomic E-state index is 0.0933. The zero-order chi connectivity index (χ0) is 13.5. The van der Waals surface area contributed by atoms with Gasteiger partial charge in [0.2, 0.25) is 0 Å². The molecule has 0 saturated heterocycles. The lowest BCUT2D eigenvalue weighted by Gasteiger charge is -2.32. The summed E-state index contributed by atoms with van der Waals surface area (Å²) in [5, 5.41) is 0. The monoisotopic (exact) mass is 249 g/mol. The minimum atomic E-state index is 0.0933. The molecular formula is C15H27N3. The number of hydrogen-bond acceptors (Lipinski definition) is 3. The zero-order valence-corrected chi connectivity index (χ0v) is 12.1. The molecule has 0 saturated carbocycles. The summed E-state index contributed by atoms with van der Waals surface area (Å²) in [5.74, 6) is 0. The maximum Gasteiger partial charge on any atom is 0.0424 e. The first-order valence-electron chi connectivity index (χ1n) is 6.73. The average molecular weight is 249 g/mol. The third kappa shape index (κ3) is 4.77. The van der Waals surface area contributed by atoms with Crippen LogP contribution in [0.25, 0.3) is 0 Å². The van der Waals surface area contributed by atoms with Crippen molar-refractivity contribution >= 4 is 0 Å². The minimum Gasteiger partial charge on any atom is -0.323 e. The molecule has 0 aliphatic rings. The van der Waals surface area contributed by atoms with Gasteiger partial charge in [-0.3, -0.25) is 4.90 Å². The van der Waals surface area contributed by atoms with Gasteiger partial charge in [0.25, 0.3) is 0 Å². The molecule has 0 fully saturated rings. The Bertz CT molecular complexity index is 324. The van der Waals surface area contributed by atoms with Gasteiger partial charge in [-0.15, -0.1) is 0 Å². The maximum atomic E-state index is 6.28. The van der Waals surface area contributed by atoms with Crippen molar-refractivity contribution in [2.24, 2.45) is 5.73 Å². The van der Waals surface area contributed by atoms with Gasteiger partial charge in [-0.2, -0.15) is 0 Å². The fourth-order valence-corrected chi connectivity index (χ4v) is 2.32. The highest BCUT2D eigenvalue weighted by molar-refractivity contribution is 5.18. The predicted molar refractivity (Wildman–Crippen MR) is 78.6 cm³/mol. The number of nitrogens with two attached hydrogens (primary N) is 1. The average Bonchev–Trinajstić information content (AvgIpc) is 2.35. The van der Waals surface area contributed by atoms with Crippen molar-refractivity contribution in [3.05, 3.63) is 35.9 Å². The van der Waals surface area contributed by atoms with Gasteiger partial charge >= 0.3 is 0 Å². The summed E-state index contributed by atoms with van der Waals surface area (Å²) in [4.78, 5) is 4.67. The molecule has 0 bridgehead atoms. The highest BCUT2D eigenvalue weighted by atomic mass is 15.2. The van der Waals surface area contributed by atoms with E-state index in [0.29, 0.717) is 6.04 Å². The summed E-state index contributed by atoms with van der Waals surface area (Å²) >= 11 is 0. The molecule has 2 unspecified atom stereocenters. The quantitative estimate of drug-likeness (QED) is 0.802. The van der Waals surface area contributed by atoms with E-state index in [1.165, 1.54) is 5.56 Å². The smallest absolute Gasteiger partial charge is 0.0424 e. The molecule has 0 spiro atoms. The number of nitrogens with zero attached hydrogens (tertiary/aromatic N) is 2. The van der Waals surface area contributed by atoms with Gasteiger partial charge < -0.3 is 10.6 Å². The molecular weight excluding hydrogens is 222 g/mol. The Kier molecular flexibility index (Phi) is 6.33. The van der Waals surface area contributed by atoms with Gasteiger partial charge in [0.1, 0.15) is 0 Å². The van der Waals surface area contributed by atoms with E-state index in [1.54, 1.807) is 0 Å². The molecule has 102 valence electrons. The van der Waals surface area contributed by atoms with Gasteiger partial charge in [0, 0.05) is 25.2 Å². The molecule has 1 aromatic rings. The molecule has 0 aromatic heterocycles. The number of rotatable bonds is 7. The summed E-state index contributed by atoms with van der Waals surface area (Å²) in [6.45, 7) is 7.48. The van der Waals surface area contributed by atoms with Crippen LogP contribution in [0.4, 0.5) is 0 Å². The van der Waals surface area contributed by atoms with Gasteiger partial charge in [-0.1, -0.05) is 37.3 Å². The van der Waals surface area contributed by atoms with Crippen LogP contribution in [0.15, 0.2) is 30.3 Å². The van der Waals surface area contributed by atoms with E-state index >= 15 is 0 Å². The van der Waals surface area contributed by atoms with Gasteiger partial charge in [0.15, 0.2) is 0 Å². The van der Waals surface area contributed by atoms with Crippen LogP contribution < -0.4 is 5.73 Å².